The molecule has 7 heteroatoms. The molecule has 0 spiro atoms. The summed E-state index contributed by atoms with van der Waals surface area (Å²) in [5, 5.41) is 2.92. The summed E-state index contributed by atoms with van der Waals surface area (Å²) in [6.45, 7) is 3.86. The first-order valence-electron chi connectivity index (χ1n) is 9.88. The van der Waals surface area contributed by atoms with Gasteiger partial charge < -0.3 is 24.3 Å². The standard InChI is InChI=1S/C24H27N3O4/c1-16-14-22(17(2)27(16)19-8-12-20(30-5)13-9-19)24(29)25-18-6-10-21(11-7-18)31-15-23(28)26(3)4/h6-14H,15H2,1-5H3,(H,25,29). The van der Waals surface area contributed by atoms with E-state index in [2.05, 4.69) is 5.32 Å². The zero-order valence-corrected chi connectivity index (χ0v) is 18.4. The summed E-state index contributed by atoms with van der Waals surface area (Å²) in [4.78, 5) is 26.0. The van der Waals surface area contributed by atoms with Gasteiger partial charge in [0.05, 0.1) is 12.7 Å². The van der Waals surface area contributed by atoms with Crippen LogP contribution in [0.5, 0.6) is 11.5 Å². The third kappa shape index (κ3) is 5.06. The fourth-order valence-electron chi connectivity index (χ4n) is 3.23. The number of likely N-dealkylation sites (N-methyl/N-ethyl adjacent to an activating group) is 1. The lowest BCUT2D eigenvalue weighted by Crippen LogP contribution is -2.27. The van der Waals surface area contributed by atoms with Crippen LogP contribution in [0.3, 0.4) is 0 Å². The van der Waals surface area contributed by atoms with Crippen molar-refractivity contribution in [2.75, 3.05) is 33.1 Å². The van der Waals surface area contributed by atoms with Crippen molar-refractivity contribution in [2.24, 2.45) is 0 Å². The van der Waals surface area contributed by atoms with Gasteiger partial charge >= 0.3 is 0 Å². The molecule has 162 valence electrons. The van der Waals surface area contributed by atoms with Crippen LogP contribution in [0.4, 0.5) is 5.69 Å². The Morgan fingerprint density at radius 1 is 0.968 bits per heavy atom. The molecule has 1 aromatic heterocycles. The molecule has 2 aromatic carbocycles. The number of hydrogen-bond donors (Lipinski definition) is 1. The van der Waals surface area contributed by atoms with Crippen LogP contribution in [0.25, 0.3) is 5.69 Å². The summed E-state index contributed by atoms with van der Waals surface area (Å²) in [5.74, 6) is 1.03. The van der Waals surface area contributed by atoms with Gasteiger partial charge in [-0.05, 0) is 68.4 Å². The third-order valence-corrected chi connectivity index (χ3v) is 4.98. The van der Waals surface area contributed by atoms with E-state index in [-0.39, 0.29) is 18.4 Å². The van der Waals surface area contributed by atoms with Gasteiger partial charge in [-0.3, -0.25) is 9.59 Å². The van der Waals surface area contributed by atoms with Crippen molar-refractivity contribution in [3.63, 3.8) is 0 Å². The number of nitrogens with one attached hydrogen (secondary N) is 1. The molecule has 3 rings (SSSR count). The first-order chi connectivity index (χ1) is 14.8. The molecule has 31 heavy (non-hydrogen) atoms. The topological polar surface area (TPSA) is 72.8 Å². The second kappa shape index (κ2) is 9.38. The first kappa shape index (κ1) is 22.0. The highest BCUT2D eigenvalue weighted by molar-refractivity contribution is 6.05. The summed E-state index contributed by atoms with van der Waals surface area (Å²) in [6.07, 6.45) is 0. The summed E-state index contributed by atoms with van der Waals surface area (Å²) in [6, 6.07) is 16.5. The van der Waals surface area contributed by atoms with Gasteiger partial charge in [0.2, 0.25) is 0 Å². The molecule has 0 atom stereocenters. The summed E-state index contributed by atoms with van der Waals surface area (Å²) < 4.78 is 12.7. The van der Waals surface area contributed by atoms with Gasteiger partial charge in [-0.15, -0.1) is 0 Å². The van der Waals surface area contributed by atoms with E-state index in [1.54, 1.807) is 45.5 Å². The number of hydrogen-bond acceptors (Lipinski definition) is 4. The summed E-state index contributed by atoms with van der Waals surface area (Å²) in [7, 11) is 4.98. The number of amides is 2. The van der Waals surface area contributed by atoms with Crippen molar-refractivity contribution in [1.82, 2.24) is 9.47 Å². The second-order valence-electron chi connectivity index (χ2n) is 7.37. The minimum absolute atomic E-state index is 0.0317. The lowest BCUT2D eigenvalue weighted by atomic mass is 10.2. The molecule has 0 aliphatic rings. The van der Waals surface area contributed by atoms with E-state index in [0.29, 0.717) is 17.0 Å². The minimum atomic E-state index is -0.190. The van der Waals surface area contributed by atoms with Crippen LogP contribution in [0.15, 0.2) is 54.6 Å². The Hall–Kier alpha value is -3.74. The predicted molar refractivity (Wildman–Crippen MR) is 120 cm³/mol. The molecule has 7 nitrogen and oxygen atoms in total. The molecule has 3 aromatic rings. The second-order valence-corrected chi connectivity index (χ2v) is 7.37. The lowest BCUT2D eigenvalue weighted by Gasteiger charge is -2.12. The van der Waals surface area contributed by atoms with E-state index < -0.39 is 0 Å². The molecule has 0 bridgehead atoms. The number of carbonyl (C=O) groups is 2. The fourth-order valence-corrected chi connectivity index (χ4v) is 3.23. The fraction of sp³-hybridized carbons (Fsp3) is 0.250. The van der Waals surface area contributed by atoms with Gasteiger partial charge in [-0.25, -0.2) is 0 Å². The Morgan fingerprint density at radius 2 is 1.58 bits per heavy atom. The smallest absolute Gasteiger partial charge is 0.259 e. The molecule has 0 radical (unpaired) electrons. The Morgan fingerprint density at radius 3 is 2.16 bits per heavy atom. The number of aromatic nitrogens is 1. The van der Waals surface area contributed by atoms with Crippen molar-refractivity contribution in [1.29, 1.82) is 0 Å². The number of nitrogens with zero attached hydrogens (tertiary/aromatic N) is 2. The highest BCUT2D eigenvalue weighted by Gasteiger charge is 2.17. The van der Waals surface area contributed by atoms with Gasteiger partial charge in [-0.2, -0.15) is 0 Å². The van der Waals surface area contributed by atoms with E-state index >= 15 is 0 Å². The van der Waals surface area contributed by atoms with Crippen molar-refractivity contribution < 1.29 is 19.1 Å². The van der Waals surface area contributed by atoms with Crippen LogP contribution in [0, 0.1) is 13.8 Å². The average molecular weight is 421 g/mol. The molecule has 0 fully saturated rings. The monoisotopic (exact) mass is 421 g/mol. The molecule has 1 heterocycles. The van der Waals surface area contributed by atoms with Crippen LogP contribution < -0.4 is 14.8 Å². The molecule has 0 saturated carbocycles. The number of carbonyl (C=O) groups excluding carboxylic acids is 2. The van der Waals surface area contributed by atoms with Crippen molar-refractivity contribution in [3.05, 3.63) is 71.5 Å². The van der Waals surface area contributed by atoms with E-state index in [4.69, 9.17) is 9.47 Å². The van der Waals surface area contributed by atoms with Crippen LogP contribution in [-0.2, 0) is 4.79 Å². The lowest BCUT2D eigenvalue weighted by molar-refractivity contribution is -0.130. The van der Waals surface area contributed by atoms with Gasteiger partial charge in [0.25, 0.3) is 11.8 Å². The molecular weight excluding hydrogens is 394 g/mol. The molecular formula is C24H27N3O4. The molecule has 0 saturated heterocycles. The Labute approximate surface area is 182 Å². The Bertz CT molecular complexity index is 1070. The van der Waals surface area contributed by atoms with Crippen molar-refractivity contribution >= 4 is 17.5 Å². The molecule has 1 N–H and O–H groups in total. The number of anilines is 1. The van der Waals surface area contributed by atoms with Crippen LogP contribution >= 0.6 is 0 Å². The largest absolute Gasteiger partial charge is 0.497 e. The van der Waals surface area contributed by atoms with E-state index in [1.807, 2.05) is 48.7 Å². The number of benzene rings is 2. The maximum Gasteiger partial charge on any atom is 0.259 e. The number of aryl methyl sites for hydroxylation is 1. The SMILES string of the molecule is COc1ccc(-n2c(C)cc(C(=O)Nc3ccc(OCC(=O)N(C)C)cc3)c2C)cc1. The van der Waals surface area contributed by atoms with E-state index in [1.165, 1.54) is 4.90 Å². The highest BCUT2D eigenvalue weighted by Crippen LogP contribution is 2.24. The average Bonchev–Trinajstić information content (AvgIpc) is 3.07. The highest BCUT2D eigenvalue weighted by atomic mass is 16.5. The van der Waals surface area contributed by atoms with E-state index in [9.17, 15) is 9.59 Å². The maximum absolute atomic E-state index is 12.9. The molecule has 0 unspecified atom stereocenters. The van der Waals surface area contributed by atoms with Gasteiger partial charge in [0.15, 0.2) is 6.61 Å². The van der Waals surface area contributed by atoms with E-state index in [0.717, 1.165) is 22.8 Å². The maximum atomic E-state index is 12.9. The van der Waals surface area contributed by atoms with Crippen LogP contribution in [-0.4, -0.2) is 49.1 Å². The van der Waals surface area contributed by atoms with Gasteiger partial charge in [0, 0.05) is 36.9 Å². The van der Waals surface area contributed by atoms with Crippen molar-refractivity contribution in [3.8, 4) is 17.2 Å². The molecule has 0 aliphatic carbocycles. The quantitative estimate of drug-likeness (QED) is 0.629. The summed E-state index contributed by atoms with van der Waals surface area (Å²) in [5.41, 5.74) is 4.02. The normalized spacial score (nSPS) is 10.5. The first-order valence-corrected chi connectivity index (χ1v) is 9.88. The van der Waals surface area contributed by atoms with Crippen LogP contribution in [0.1, 0.15) is 21.7 Å². The number of methoxy groups -OCH3 is 1. The molecule has 2 amide bonds. The zero-order chi connectivity index (χ0) is 22.5. The van der Waals surface area contributed by atoms with Gasteiger partial charge in [0.1, 0.15) is 11.5 Å². The summed E-state index contributed by atoms with van der Waals surface area (Å²) >= 11 is 0. The Balaban J connectivity index is 1.71. The molecule has 0 aliphatic heterocycles. The zero-order valence-electron chi connectivity index (χ0n) is 18.4. The van der Waals surface area contributed by atoms with Crippen molar-refractivity contribution in [2.45, 2.75) is 13.8 Å². The van der Waals surface area contributed by atoms with Gasteiger partial charge in [-0.1, -0.05) is 0 Å². The Kier molecular flexibility index (Phi) is 6.65. The predicted octanol–water partition coefficient (Wildman–Crippen LogP) is 3.82. The van der Waals surface area contributed by atoms with Crippen LogP contribution in [0.2, 0.25) is 0 Å². The number of ether oxygens (including phenoxy) is 2. The number of rotatable bonds is 7. The minimum Gasteiger partial charge on any atom is -0.497 e. The third-order valence-electron chi connectivity index (χ3n) is 4.98.